The van der Waals surface area contributed by atoms with Crippen molar-refractivity contribution in [2.24, 2.45) is 11.1 Å². The van der Waals surface area contributed by atoms with Crippen LogP contribution < -0.4 is 10.5 Å². The van der Waals surface area contributed by atoms with Gasteiger partial charge in [0.05, 0.1) is 10.7 Å². The summed E-state index contributed by atoms with van der Waals surface area (Å²) < 4.78 is 29.3. The molecule has 1 fully saturated rings. The summed E-state index contributed by atoms with van der Waals surface area (Å²) in [5.41, 5.74) is 0.932. The molecule has 2 aromatic rings. The number of nitrogens with two attached hydrogens (primary N) is 1. The topological polar surface area (TPSA) is 119 Å². The van der Waals surface area contributed by atoms with Crippen LogP contribution in [-0.2, 0) is 19.6 Å². The van der Waals surface area contributed by atoms with Gasteiger partial charge in [0, 0.05) is 24.6 Å². The van der Waals surface area contributed by atoms with E-state index in [0.717, 1.165) is 5.56 Å². The molecule has 1 aliphatic heterocycles. The van der Waals surface area contributed by atoms with Crippen molar-refractivity contribution in [3.63, 3.8) is 0 Å². The molecule has 8 nitrogen and oxygen atoms in total. The van der Waals surface area contributed by atoms with Gasteiger partial charge in [-0.15, -0.1) is 0 Å². The number of hydrogen-bond donors (Lipinski definition) is 2. The van der Waals surface area contributed by atoms with Gasteiger partial charge in [-0.25, -0.2) is 18.4 Å². The van der Waals surface area contributed by atoms with E-state index >= 15 is 0 Å². The first-order chi connectivity index (χ1) is 15.4. The summed E-state index contributed by atoms with van der Waals surface area (Å²) in [6, 6.07) is 12.1. The number of rotatable bonds is 4. The first-order valence-electron chi connectivity index (χ1n) is 10.6. The summed E-state index contributed by atoms with van der Waals surface area (Å²) in [6.45, 7) is 6.16. The van der Waals surface area contributed by atoms with E-state index in [2.05, 4.69) is 5.32 Å². The fraction of sp³-hybridized carbons (Fsp3) is 0.391. The number of benzene rings is 2. The third kappa shape index (κ3) is 6.25. The molecule has 0 radical (unpaired) electrons. The van der Waals surface area contributed by atoms with Crippen molar-refractivity contribution in [1.82, 2.24) is 4.90 Å². The van der Waals surface area contributed by atoms with Crippen LogP contribution in [0.2, 0.25) is 5.02 Å². The van der Waals surface area contributed by atoms with Crippen LogP contribution in [-0.4, -0.2) is 44.0 Å². The molecule has 0 aliphatic carbocycles. The highest BCUT2D eigenvalue weighted by Crippen LogP contribution is 2.38. The van der Waals surface area contributed by atoms with Gasteiger partial charge in [-0.3, -0.25) is 4.79 Å². The summed E-state index contributed by atoms with van der Waals surface area (Å²) >= 11 is 6.41. The largest absolute Gasteiger partial charge is 0.444 e. The first kappa shape index (κ1) is 25.0. The zero-order valence-electron chi connectivity index (χ0n) is 18.8. The number of ether oxygens (including phenoxy) is 1. The van der Waals surface area contributed by atoms with Crippen molar-refractivity contribution in [3.8, 4) is 11.1 Å². The Bertz CT molecular complexity index is 1140. The molecule has 10 heteroatoms. The minimum absolute atomic E-state index is 0.140. The van der Waals surface area contributed by atoms with Crippen LogP contribution in [0.1, 0.15) is 33.6 Å². The molecule has 2 aromatic carbocycles. The Morgan fingerprint density at radius 2 is 1.70 bits per heavy atom. The van der Waals surface area contributed by atoms with Crippen LogP contribution in [0.5, 0.6) is 0 Å². The molecule has 0 saturated carbocycles. The number of anilines is 1. The van der Waals surface area contributed by atoms with Crippen molar-refractivity contribution in [2.75, 3.05) is 18.4 Å². The number of amides is 2. The quantitative estimate of drug-likeness (QED) is 0.660. The number of sulfonamides is 1. The highest BCUT2D eigenvalue weighted by atomic mass is 35.5. The first-order valence-corrected chi connectivity index (χ1v) is 12.5. The van der Waals surface area contributed by atoms with Crippen LogP contribution in [0.4, 0.5) is 10.5 Å². The fourth-order valence-corrected chi connectivity index (χ4v) is 4.78. The minimum Gasteiger partial charge on any atom is -0.444 e. The number of nitrogens with zero attached hydrogens (tertiary/aromatic N) is 1. The van der Waals surface area contributed by atoms with E-state index in [1.54, 1.807) is 31.7 Å². The Kier molecular flexibility index (Phi) is 7.36. The van der Waals surface area contributed by atoms with Gasteiger partial charge >= 0.3 is 6.09 Å². The number of carbonyl (C=O) groups excluding carboxylic acids is 2. The maximum absolute atomic E-state index is 13.1. The lowest BCUT2D eigenvalue weighted by Gasteiger charge is -2.33. The Morgan fingerprint density at radius 3 is 2.24 bits per heavy atom. The maximum Gasteiger partial charge on any atom is 0.410 e. The summed E-state index contributed by atoms with van der Waals surface area (Å²) in [6.07, 6.45) is 0.479. The standard InChI is InChI=1S/C23H28ClN3O5S/c1-23(2,3)32-22(29)27-13-11-16(12-14-27)21(28)26-20-17(15-7-5-4-6-8-15)9-10-18(19(20)24)33(25,30)31/h4-10,16H,11-14H2,1-3H3,(H,26,28)(H2,25,30,31). The fourth-order valence-electron chi connectivity index (χ4n) is 3.63. The predicted molar refractivity (Wildman–Crippen MR) is 127 cm³/mol. The number of likely N-dealkylation sites (tertiary alicyclic amines) is 1. The smallest absolute Gasteiger partial charge is 0.410 e. The minimum atomic E-state index is -4.09. The second-order valence-corrected chi connectivity index (χ2v) is 10.9. The molecular weight excluding hydrogens is 466 g/mol. The lowest BCUT2D eigenvalue weighted by Crippen LogP contribution is -2.43. The molecule has 3 rings (SSSR count). The van der Waals surface area contributed by atoms with Gasteiger partial charge in [0.1, 0.15) is 10.5 Å². The SMILES string of the molecule is CC(C)(C)OC(=O)N1CCC(C(=O)Nc2c(-c3ccccc3)ccc(S(N)(=O)=O)c2Cl)CC1. The van der Waals surface area contributed by atoms with E-state index in [1.165, 1.54) is 6.07 Å². The Balaban J connectivity index is 1.81. The lowest BCUT2D eigenvalue weighted by atomic mass is 9.95. The molecule has 0 aromatic heterocycles. The zero-order chi connectivity index (χ0) is 24.4. The molecule has 1 saturated heterocycles. The normalized spacial score (nSPS) is 15.2. The van der Waals surface area contributed by atoms with E-state index in [9.17, 15) is 18.0 Å². The van der Waals surface area contributed by atoms with Crippen LogP contribution >= 0.6 is 11.6 Å². The van der Waals surface area contributed by atoms with Crippen molar-refractivity contribution in [1.29, 1.82) is 0 Å². The van der Waals surface area contributed by atoms with Crippen LogP contribution in [0, 0.1) is 5.92 Å². The molecule has 1 heterocycles. The Morgan fingerprint density at radius 1 is 1.09 bits per heavy atom. The molecule has 33 heavy (non-hydrogen) atoms. The van der Waals surface area contributed by atoms with Gasteiger partial charge in [-0.1, -0.05) is 48.0 Å². The number of primary sulfonamides is 1. The molecule has 0 unspecified atom stereocenters. The number of piperidine rings is 1. The van der Waals surface area contributed by atoms with Gasteiger partial charge in [-0.05, 0) is 45.2 Å². The number of halogens is 1. The number of nitrogens with one attached hydrogen (secondary N) is 1. The van der Waals surface area contributed by atoms with E-state index in [1.807, 2.05) is 30.3 Å². The average Bonchev–Trinajstić information content (AvgIpc) is 2.73. The lowest BCUT2D eigenvalue weighted by molar-refractivity contribution is -0.121. The number of carbonyl (C=O) groups is 2. The summed E-state index contributed by atoms with van der Waals surface area (Å²) in [5, 5.41) is 7.98. The van der Waals surface area contributed by atoms with Crippen molar-refractivity contribution in [2.45, 2.75) is 44.1 Å². The molecule has 2 amide bonds. The molecule has 0 atom stereocenters. The van der Waals surface area contributed by atoms with E-state index in [0.29, 0.717) is 31.5 Å². The summed E-state index contributed by atoms with van der Waals surface area (Å²) in [4.78, 5) is 26.7. The van der Waals surface area contributed by atoms with E-state index < -0.39 is 21.7 Å². The van der Waals surface area contributed by atoms with Crippen LogP contribution in [0.25, 0.3) is 11.1 Å². The second-order valence-electron chi connectivity index (χ2n) is 8.94. The van der Waals surface area contributed by atoms with Crippen molar-refractivity contribution in [3.05, 3.63) is 47.5 Å². The molecule has 3 N–H and O–H groups in total. The Labute approximate surface area is 199 Å². The monoisotopic (exact) mass is 493 g/mol. The zero-order valence-corrected chi connectivity index (χ0v) is 20.4. The summed E-state index contributed by atoms with van der Waals surface area (Å²) in [5.74, 6) is -0.675. The highest BCUT2D eigenvalue weighted by Gasteiger charge is 2.31. The van der Waals surface area contributed by atoms with E-state index in [-0.39, 0.29) is 27.4 Å². The molecule has 0 bridgehead atoms. The number of hydrogen-bond acceptors (Lipinski definition) is 5. The van der Waals surface area contributed by atoms with Gasteiger partial charge in [0.15, 0.2) is 0 Å². The van der Waals surface area contributed by atoms with Crippen molar-refractivity contribution >= 4 is 39.3 Å². The molecule has 1 aliphatic rings. The molecule has 0 spiro atoms. The van der Waals surface area contributed by atoms with E-state index in [4.69, 9.17) is 21.5 Å². The summed E-state index contributed by atoms with van der Waals surface area (Å²) in [7, 11) is -4.09. The highest BCUT2D eigenvalue weighted by molar-refractivity contribution is 7.89. The average molecular weight is 494 g/mol. The van der Waals surface area contributed by atoms with Crippen molar-refractivity contribution < 1.29 is 22.7 Å². The predicted octanol–water partition coefficient (Wildman–Crippen LogP) is 4.24. The molecule has 178 valence electrons. The third-order valence-corrected chi connectivity index (χ3v) is 6.72. The maximum atomic E-state index is 13.1. The van der Waals surface area contributed by atoms with Gasteiger partial charge in [-0.2, -0.15) is 0 Å². The second kappa shape index (κ2) is 9.70. The third-order valence-electron chi connectivity index (χ3n) is 5.26. The van der Waals surface area contributed by atoms with Crippen LogP contribution in [0.3, 0.4) is 0 Å². The Hall–Kier alpha value is -2.62. The van der Waals surface area contributed by atoms with Crippen LogP contribution in [0.15, 0.2) is 47.4 Å². The van der Waals surface area contributed by atoms with Gasteiger partial charge in [0.25, 0.3) is 0 Å². The van der Waals surface area contributed by atoms with Gasteiger partial charge < -0.3 is 15.0 Å². The van der Waals surface area contributed by atoms with Gasteiger partial charge in [0.2, 0.25) is 15.9 Å². The molecular formula is C23H28ClN3O5S.